The molecular formula is C12H14N2O2. The summed E-state index contributed by atoms with van der Waals surface area (Å²) in [4.78, 5) is 14.6. The molecule has 0 bridgehead atoms. The molecule has 16 heavy (non-hydrogen) atoms. The highest BCUT2D eigenvalue weighted by Gasteiger charge is 1.96. The molecule has 0 saturated carbocycles. The van der Waals surface area contributed by atoms with Crippen molar-refractivity contribution in [2.45, 2.75) is 13.3 Å². The van der Waals surface area contributed by atoms with Crippen LogP contribution in [0.25, 0.3) is 0 Å². The molecule has 0 saturated heterocycles. The summed E-state index contributed by atoms with van der Waals surface area (Å²) in [5.74, 6) is 6.57. The molecule has 0 aliphatic carbocycles. The summed E-state index contributed by atoms with van der Waals surface area (Å²) < 4.78 is 5.13. The molecule has 0 fully saturated rings. The highest BCUT2D eigenvalue weighted by atomic mass is 16.5. The Bertz CT molecular complexity index is 419. The van der Waals surface area contributed by atoms with Gasteiger partial charge in [0.15, 0.2) is 0 Å². The van der Waals surface area contributed by atoms with Crippen molar-refractivity contribution in [1.82, 2.24) is 10.3 Å². The fourth-order valence-electron chi connectivity index (χ4n) is 1.11. The first kappa shape index (κ1) is 12.1. The van der Waals surface area contributed by atoms with E-state index >= 15 is 0 Å². The van der Waals surface area contributed by atoms with Crippen molar-refractivity contribution in [1.29, 1.82) is 0 Å². The highest BCUT2D eigenvalue weighted by molar-refractivity contribution is 5.72. The number of carbonyl (C=O) groups is 1. The second-order valence-electron chi connectivity index (χ2n) is 3.11. The molecule has 0 radical (unpaired) electrons. The topological polar surface area (TPSA) is 51.2 Å². The lowest BCUT2D eigenvalue weighted by molar-refractivity contribution is -0.118. The fraction of sp³-hybridized carbons (Fsp3) is 0.333. The molecule has 1 aromatic rings. The minimum absolute atomic E-state index is 0.0410. The molecule has 0 aliphatic rings. The highest BCUT2D eigenvalue weighted by Crippen LogP contribution is 2.13. The van der Waals surface area contributed by atoms with Gasteiger partial charge in [0, 0.05) is 32.3 Å². The second-order valence-corrected chi connectivity index (χ2v) is 3.11. The summed E-state index contributed by atoms with van der Waals surface area (Å²) in [5, 5.41) is 2.67. The number of pyridine rings is 1. The van der Waals surface area contributed by atoms with E-state index in [0.29, 0.717) is 18.7 Å². The van der Waals surface area contributed by atoms with Gasteiger partial charge in [-0.15, -0.1) is 0 Å². The third-order valence-electron chi connectivity index (χ3n) is 1.85. The summed E-state index contributed by atoms with van der Waals surface area (Å²) >= 11 is 0. The monoisotopic (exact) mass is 218 g/mol. The van der Waals surface area contributed by atoms with Crippen LogP contribution in [0.3, 0.4) is 0 Å². The van der Waals surface area contributed by atoms with Crippen molar-refractivity contribution >= 4 is 5.91 Å². The average Bonchev–Trinajstić information content (AvgIpc) is 2.29. The zero-order valence-electron chi connectivity index (χ0n) is 9.41. The van der Waals surface area contributed by atoms with E-state index < -0.39 is 0 Å². The minimum atomic E-state index is -0.0410. The quantitative estimate of drug-likeness (QED) is 0.607. The molecule has 0 aromatic carbocycles. The first-order valence-electron chi connectivity index (χ1n) is 4.95. The normalized spacial score (nSPS) is 8.88. The Balaban J connectivity index is 2.52. The maximum absolute atomic E-state index is 10.6. The van der Waals surface area contributed by atoms with Gasteiger partial charge in [-0.05, 0) is 6.07 Å². The van der Waals surface area contributed by atoms with Crippen LogP contribution in [0.15, 0.2) is 18.5 Å². The van der Waals surface area contributed by atoms with Crippen molar-refractivity contribution in [3.05, 3.63) is 24.0 Å². The molecule has 1 heterocycles. The van der Waals surface area contributed by atoms with E-state index in [1.54, 1.807) is 25.6 Å². The lowest BCUT2D eigenvalue weighted by Crippen LogP contribution is -2.20. The Morgan fingerprint density at radius 2 is 2.44 bits per heavy atom. The van der Waals surface area contributed by atoms with Crippen molar-refractivity contribution in [2.75, 3.05) is 13.7 Å². The van der Waals surface area contributed by atoms with E-state index in [4.69, 9.17) is 4.74 Å². The van der Waals surface area contributed by atoms with Gasteiger partial charge in [-0.1, -0.05) is 11.8 Å². The Hall–Kier alpha value is -2.02. The van der Waals surface area contributed by atoms with Crippen LogP contribution in [0, 0.1) is 11.8 Å². The second kappa shape index (κ2) is 6.46. The first-order valence-corrected chi connectivity index (χ1v) is 4.95. The van der Waals surface area contributed by atoms with E-state index in [9.17, 15) is 4.79 Å². The smallest absolute Gasteiger partial charge is 0.216 e. The number of hydrogen-bond acceptors (Lipinski definition) is 3. The molecule has 1 rings (SSSR count). The average molecular weight is 218 g/mol. The van der Waals surface area contributed by atoms with Gasteiger partial charge in [-0.3, -0.25) is 9.78 Å². The predicted octanol–water partition coefficient (Wildman–Crippen LogP) is 0.968. The third kappa shape index (κ3) is 4.01. The lowest BCUT2D eigenvalue weighted by Gasteiger charge is -2.00. The first-order chi connectivity index (χ1) is 7.74. The predicted molar refractivity (Wildman–Crippen MR) is 61.0 cm³/mol. The molecule has 0 spiro atoms. The summed E-state index contributed by atoms with van der Waals surface area (Å²) in [6.07, 6.45) is 3.92. The lowest BCUT2D eigenvalue weighted by atomic mass is 10.2. The molecular weight excluding hydrogens is 204 g/mol. The maximum Gasteiger partial charge on any atom is 0.216 e. The number of carbonyl (C=O) groups excluding carboxylic acids is 1. The van der Waals surface area contributed by atoms with Gasteiger partial charge in [0.05, 0.1) is 12.7 Å². The van der Waals surface area contributed by atoms with E-state index in [0.717, 1.165) is 5.56 Å². The van der Waals surface area contributed by atoms with Gasteiger partial charge in [-0.25, -0.2) is 0 Å². The van der Waals surface area contributed by atoms with E-state index in [-0.39, 0.29) is 5.91 Å². The van der Waals surface area contributed by atoms with Gasteiger partial charge in [0.25, 0.3) is 0 Å². The minimum Gasteiger partial charge on any atom is -0.495 e. The number of nitrogens with zero attached hydrogens (tertiary/aromatic N) is 1. The maximum atomic E-state index is 10.6. The van der Waals surface area contributed by atoms with Crippen molar-refractivity contribution in [3.8, 4) is 17.6 Å². The zero-order chi connectivity index (χ0) is 11.8. The Labute approximate surface area is 95.0 Å². The molecule has 4 nitrogen and oxygen atoms in total. The van der Waals surface area contributed by atoms with Crippen molar-refractivity contribution in [2.24, 2.45) is 0 Å². The van der Waals surface area contributed by atoms with E-state index in [1.165, 1.54) is 6.92 Å². The molecule has 1 aromatic heterocycles. The Morgan fingerprint density at radius 3 is 3.12 bits per heavy atom. The largest absolute Gasteiger partial charge is 0.495 e. The van der Waals surface area contributed by atoms with Crippen LogP contribution in [0.4, 0.5) is 0 Å². The number of nitrogens with one attached hydrogen (secondary N) is 1. The van der Waals surface area contributed by atoms with Crippen molar-refractivity contribution in [3.63, 3.8) is 0 Å². The summed E-state index contributed by atoms with van der Waals surface area (Å²) in [6, 6.07) is 1.76. The standard InChI is InChI=1S/C12H14N2O2/c1-10(15)14-7-4-3-5-11-9-13-8-6-12(11)16-2/h6,8-9H,4,7H2,1-2H3,(H,14,15). The number of ether oxygens (including phenoxy) is 1. The SMILES string of the molecule is COc1ccncc1C#CCCNC(C)=O. The zero-order valence-corrected chi connectivity index (χ0v) is 9.41. The van der Waals surface area contributed by atoms with Crippen molar-refractivity contribution < 1.29 is 9.53 Å². The van der Waals surface area contributed by atoms with Crippen LogP contribution in [-0.2, 0) is 4.79 Å². The Kier molecular flexibility index (Phi) is 4.87. The molecule has 84 valence electrons. The van der Waals surface area contributed by atoms with Gasteiger partial charge in [0.1, 0.15) is 5.75 Å². The number of methoxy groups -OCH3 is 1. The number of aromatic nitrogens is 1. The molecule has 0 atom stereocenters. The Morgan fingerprint density at radius 1 is 1.62 bits per heavy atom. The molecule has 0 unspecified atom stereocenters. The van der Waals surface area contributed by atoms with Crippen LogP contribution in [0.2, 0.25) is 0 Å². The summed E-state index contributed by atoms with van der Waals surface area (Å²) in [5.41, 5.74) is 0.757. The van der Waals surface area contributed by atoms with E-state index in [1.807, 2.05) is 0 Å². The number of hydrogen-bond donors (Lipinski definition) is 1. The summed E-state index contributed by atoms with van der Waals surface area (Å²) in [7, 11) is 1.60. The molecule has 1 N–H and O–H groups in total. The van der Waals surface area contributed by atoms with Gasteiger partial charge in [-0.2, -0.15) is 0 Å². The van der Waals surface area contributed by atoms with Crippen LogP contribution in [0.5, 0.6) is 5.75 Å². The van der Waals surface area contributed by atoms with Crippen LogP contribution in [-0.4, -0.2) is 24.5 Å². The number of rotatable bonds is 3. The molecule has 4 heteroatoms. The van der Waals surface area contributed by atoms with Crippen LogP contribution < -0.4 is 10.1 Å². The summed E-state index contributed by atoms with van der Waals surface area (Å²) in [6.45, 7) is 2.04. The molecule has 1 amide bonds. The van der Waals surface area contributed by atoms with Gasteiger partial charge < -0.3 is 10.1 Å². The van der Waals surface area contributed by atoms with Gasteiger partial charge in [0.2, 0.25) is 5.91 Å². The van der Waals surface area contributed by atoms with Crippen LogP contribution >= 0.6 is 0 Å². The van der Waals surface area contributed by atoms with Crippen LogP contribution in [0.1, 0.15) is 18.9 Å². The van der Waals surface area contributed by atoms with E-state index in [2.05, 4.69) is 22.1 Å². The molecule has 0 aliphatic heterocycles. The third-order valence-corrected chi connectivity index (χ3v) is 1.85. The van der Waals surface area contributed by atoms with Gasteiger partial charge >= 0.3 is 0 Å². The fourth-order valence-corrected chi connectivity index (χ4v) is 1.11. The number of amides is 1.